The van der Waals surface area contributed by atoms with Gasteiger partial charge < -0.3 is 15.1 Å². The molecule has 0 spiro atoms. The van der Waals surface area contributed by atoms with E-state index in [1.807, 2.05) is 11.8 Å². The van der Waals surface area contributed by atoms with Gasteiger partial charge in [-0.2, -0.15) is 0 Å². The number of aryl methyl sites for hydroxylation is 1. The Bertz CT molecular complexity index is 769. The molecule has 5 heteroatoms. The smallest absolute Gasteiger partial charge is 0.227 e. The largest absolute Gasteiger partial charge is 0.371 e. The number of anilines is 2. The average Bonchev–Trinajstić information content (AvgIpc) is 2.86. The molecule has 0 bridgehead atoms. The molecule has 2 amide bonds. The first-order valence-electron chi connectivity index (χ1n) is 13.9. The quantitative estimate of drug-likeness (QED) is 0.481. The zero-order chi connectivity index (χ0) is 24.3. The number of carbonyl (C=O) groups is 2. The normalized spacial score (nSPS) is 21.9. The molecule has 190 valence electrons. The van der Waals surface area contributed by atoms with Crippen LogP contribution in [0.2, 0.25) is 0 Å². The van der Waals surface area contributed by atoms with Gasteiger partial charge in [-0.05, 0) is 82.1 Å². The molecule has 2 aliphatic carbocycles. The SMILES string of the molecule is CCN(C=O)C1CCCCC1.Cc1cc(NC(=O)C2CCCCC2)ccc1N1CCCC(C)C1. The van der Waals surface area contributed by atoms with E-state index in [2.05, 4.69) is 42.3 Å². The highest BCUT2D eigenvalue weighted by molar-refractivity contribution is 5.93. The van der Waals surface area contributed by atoms with Crippen molar-refractivity contribution in [3.8, 4) is 0 Å². The third-order valence-electron chi connectivity index (χ3n) is 7.98. The Kier molecular flexibility index (Phi) is 10.7. The van der Waals surface area contributed by atoms with Crippen LogP contribution in [0.15, 0.2) is 18.2 Å². The van der Waals surface area contributed by atoms with Crippen molar-refractivity contribution in [1.82, 2.24) is 4.90 Å². The van der Waals surface area contributed by atoms with E-state index < -0.39 is 0 Å². The molecule has 5 nitrogen and oxygen atoms in total. The zero-order valence-electron chi connectivity index (χ0n) is 21.9. The number of rotatable bonds is 6. The molecule has 2 saturated carbocycles. The Morgan fingerprint density at radius 1 is 1.03 bits per heavy atom. The van der Waals surface area contributed by atoms with E-state index >= 15 is 0 Å². The fourth-order valence-electron chi connectivity index (χ4n) is 5.94. The molecule has 0 aromatic heterocycles. The summed E-state index contributed by atoms with van der Waals surface area (Å²) in [6.45, 7) is 9.70. The molecule has 1 aliphatic heterocycles. The summed E-state index contributed by atoms with van der Waals surface area (Å²) in [6, 6.07) is 6.94. The van der Waals surface area contributed by atoms with Crippen molar-refractivity contribution in [2.45, 2.75) is 104 Å². The van der Waals surface area contributed by atoms with Gasteiger partial charge in [0.2, 0.25) is 12.3 Å². The van der Waals surface area contributed by atoms with Crippen molar-refractivity contribution < 1.29 is 9.59 Å². The molecule has 3 aliphatic rings. The maximum Gasteiger partial charge on any atom is 0.227 e. The molecule has 3 fully saturated rings. The third kappa shape index (κ3) is 7.74. The summed E-state index contributed by atoms with van der Waals surface area (Å²) >= 11 is 0. The maximum absolute atomic E-state index is 12.4. The minimum Gasteiger partial charge on any atom is -0.371 e. The highest BCUT2D eigenvalue weighted by Crippen LogP contribution is 2.29. The molecule has 1 atom stereocenters. The minimum absolute atomic E-state index is 0.212. The van der Waals surface area contributed by atoms with Gasteiger partial charge in [0.25, 0.3) is 0 Å². The van der Waals surface area contributed by atoms with Crippen LogP contribution in [0.5, 0.6) is 0 Å². The number of piperidine rings is 1. The summed E-state index contributed by atoms with van der Waals surface area (Å²) in [7, 11) is 0. The summed E-state index contributed by atoms with van der Waals surface area (Å²) in [5.41, 5.74) is 3.54. The summed E-state index contributed by atoms with van der Waals surface area (Å²) in [4.78, 5) is 27.4. The van der Waals surface area contributed by atoms with Crippen molar-refractivity contribution in [3.63, 3.8) is 0 Å². The van der Waals surface area contributed by atoms with Gasteiger partial charge in [-0.15, -0.1) is 0 Å². The van der Waals surface area contributed by atoms with E-state index in [1.165, 1.54) is 75.5 Å². The first kappa shape index (κ1) is 26.6. The van der Waals surface area contributed by atoms with Crippen molar-refractivity contribution in [2.75, 3.05) is 29.9 Å². The summed E-state index contributed by atoms with van der Waals surface area (Å²) in [6.07, 6.45) is 15.8. The molecule has 1 heterocycles. The van der Waals surface area contributed by atoms with Gasteiger partial charge in [0.15, 0.2) is 0 Å². The lowest BCUT2D eigenvalue weighted by Crippen LogP contribution is -2.35. The second-order valence-electron chi connectivity index (χ2n) is 10.7. The van der Waals surface area contributed by atoms with Gasteiger partial charge in [0.05, 0.1) is 0 Å². The van der Waals surface area contributed by atoms with Crippen molar-refractivity contribution in [3.05, 3.63) is 23.8 Å². The van der Waals surface area contributed by atoms with Crippen LogP contribution in [-0.2, 0) is 9.59 Å². The fraction of sp³-hybridized carbons (Fsp3) is 0.724. The molecule has 1 saturated heterocycles. The first-order chi connectivity index (χ1) is 16.5. The number of benzene rings is 1. The lowest BCUT2D eigenvalue weighted by Gasteiger charge is -2.34. The molecular weight excluding hydrogens is 422 g/mol. The standard InChI is InChI=1S/C20H30N2O.C9H17NO/c1-15-7-6-12-22(14-15)19-11-10-18(13-16(19)2)21-20(23)17-8-4-3-5-9-17;1-2-10(8-11)9-6-4-3-5-7-9/h10-11,13,15,17H,3-9,12,14H2,1-2H3,(H,21,23);8-9H,2-7H2,1H3. The van der Waals surface area contributed by atoms with E-state index in [1.54, 1.807) is 0 Å². The maximum atomic E-state index is 12.4. The Balaban J connectivity index is 0.000000248. The minimum atomic E-state index is 0.212. The number of nitrogens with zero attached hydrogens (tertiary/aromatic N) is 2. The van der Waals surface area contributed by atoms with Gasteiger partial charge in [-0.3, -0.25) is 9.59 Å². The van der Waals surface area contributed by atoms with E-state index in [4.69, 9.17) is 0 Å². The van der Waals surface area contributed by atoms with Gasteiger partial charge in [-0.25, -0.2) is 0 Å². The van der Waals surface area contributed by atoms with Crippen LogP contribution in [-0.4, -0.2) is 42.9 Å². The average molecular weight is 470 g/mol. The second kappa shape index (κ2) is 13.7. The van der Waals surface area contributed by atoms with Crippen LogP contribution in [0.4, 0.5) is 11.4 Å². The van der Waals surface area contributed by atoms with Crippen LogP contribution in [0.3, 0.4) is 0 Å². The molecule has 1 unspecified atom stereocenters. The number of hydrogen-bond donors (Lipinski definition) is 1. The third-order valence-corrected chi connectivity index (χ3v) is 7.98. The first-order valence-corrected chi connectivity index (χ1v) is 13.9. The molecule has 4 rings (SSSR count). The highest BCUT2D eigenvalue weighted by Gasteiger charge is 2.22. The number of hydrogen-bond acceptors (Lipinski definition) is 3. The van der Waals surface area contributed by atoms with Crippen LogP contribution < -0.4 is 10.2 Å². The predicted octanol–water partition coefficient (Wildman–Crippen LogP) is 6.55. The lowest BCUT2D eigenvalue weighted by molar-refractivity contribution is -0.121. The van der Waals surface area contributed by atoms with E-state index in [0.717, 1.165) is 50.5 Å². The van der Waals surface area contributed by atoms with Crippen LogP contribution in [0, 0.1) is 18.8 Å². The van der Waals surface area contributed by atoms with E-state index in [9.17, 15) is 9.59 Å². The predicted molar refractivity (Wildman–Crippen MR) is 142 cm³/mol. The Labute approximate surface area is 207 Å². The second-order valence-corrected chi connectivity index (χ2v) is 10.7. The Morgan fingerprint density at radius 2 is 1.71 bits per heavy atom. The van der Waals surface area contributed by atoms with E-state index in [0.29, 0.717) is 6.04 Å². The molecule has 1 N–H and O–H groups in total. The Hall–Kier alpha value is -2.04. The summed E-state index contributed by atoms with van der Waals surface area (Å²) in [5, 5.41) is 3.13. The zero-order valence-corrected chi connectivity index (χ0v) is 21.9. The van der Waals surface area contributed by atoms with Crippen LogP contribution >= 0.6 is 0 Å². The van der Waals surface area contributed by atoms with Crippen molar-refractivity contribution in [1.29, 1.82) is 0 Å². The molecule has 34 heavy (non-hydrogen) atoms. The molecule has 1 aromatic rings. The van der Waals surface area contributed by atoms with Crippen molar-refractivity contribution >= 4 is 23.7 Å². The topological polar surface area (TPSA) is 52.7 Å². The number of nitrogens with one attached hydrogen (secondary N) is 1. The monoisotopic (exact) mass is 469 g/mol. The highest BCUT2D eigenvalue weighted by atomic mass is 16.2. The van der Waals surface area contributed by atoms with Crippen LogP contribution in [0.1, 0.15) is 96.5 Å². The summed E-state index contributed by atoms with van der Waals surface area (Å²) in [5.74, 6) is 1.20. The molecule has 1 aromatic carbocycles. The molecule has 0 radical (unpaired) electrons. The molecular formula is C29H47N3O2. The fourth-order valence-corrected chi connectivity index (χ4v) is 5.94. The van der Waals surface area contributed by atoms with Crippen molar-refractivity contribution in [2.24, 2.45) is 11.8 Å². The Morgan fingerprint density at radius 3 is 2.29 bits per heavy atom. The number of amides is 2. The van der Waals surface area contributed by atoms with Crippen LogP contribution in [0.25, 0.3) is 0 Å². The number of carbonyl (C=O) groups excluding carboxylic acids is 2. The van der Waals surface area contributed by atoms with Gasteiger partial charge >= 0.3 is 0 Å². The van der Waals surface area contributed by atoms with Gasteiger partial charge in [-0.1, -0.05) is 45.4 Å². The van der Waals surface area contributed by atoms with Gasteiger partial charge in [0, 0.05) is 43.0 Å². The summed E-state index contributed by atoms with van der Waals surface area (Å²) < 4.78 is 0. The van der Waals surface area contributed by atoms with E-state index in [-0.39, 0.29) is 11.8 Å². The van der Waals surface area contributed by atoms with Gasteiger partial charge in [0.1, 0.15) is 0 Å². The lowest BCUT2D eigenvalue weighted by atomic mass is 9.88.